The van der Waals surface area contributed by atoms with E-state index in [1.165, 1.54) is 5.56 Å². The average Bonchev–Trinajstić information content (AvgIpc) is 2.66. The topological polar surface area (TPSA) is 44.7 Å². The van der Waals surface area contributed by atoms with Crippen molar-refractivity contribution >= 4 is 17.9 Å². The third kappa shape index (κ3) is 5.92. The number of amidine groups is 1. The maximum absolute atomic E-state index is 11.4. The molecule has 0 atom stereocenters. The largest absolute Gasteiger partial charge is 0.349 e. The van der Waals surface area contributed by atoms with Crippen LogP contribution in [-0.2, 0) is 11.2 Å². The number of rotatable bonds is 8. The van der Waals surface area contributed by atoms with Gasteiger partial charge in [0.25, 0.3) is 0 Å². The van der Waals surface area contributed by atoms with Gasteiger partial charge in [-0.05, 0) is 31.4 Å². The summed E-state index contributed by atoms with van der Waals surface area (Å²) < 4.78 is 0. The summed E-state index contributed by atoms with van der Waals surface area (Å²) in [5.41, 5.74) is 3.09. The van der Waals surface area contributed by atoms with E-state index in [1.54, 1.807) is 4.90 Å². The minimum absolute atomic E-state index is 0.607. The summed E-state index contributed by atoms with van der Waals surface area (Å²) in [5, 5.41) is 3.20. The number of aliphatic imine (C=N–C) groups is 1. The monoisotopic (exact) mass is 335 g/mol. The van der Waals surface area contributed by atoms with E-state index >= 15 is 0 Å². The van der Waals surface area contributed by atoms with E-state index in [4.69, 9.17) is 0 Å². The van der Waals surface area contributed by atoms with Gasteiger partial charge in [0.05, 0.1) is 11.5 Å². The predicted molar refractivity (Wildman–Crippen MR) is 104 cm³/mol. The van der Waals surface area contributed by atoms with Crippen molar-refractivity contribution in [3.8, 4) is 0 Å². The maximum Gasteiger partial charge on any atom is 0.214 e. The van der Waals surface area contributed by atoms with E-state index < -0.39 is 0 Å². The zero-order chi connectivity index (χ0) is 17.9. The number of hydrogen-bond acceptors (Lipinski definition) is 2. The first-order valence-corrected chi connectivity index (χ1v) is 8.53. The van der Waals surface area contributed by atoms with Crippen molar-refractivity contribution in [1.82, 2.24) is 10.2 Å². The number of nitrogens with one attached hydrogen (secondary N) is 1. The maximum atomic E-state index is 11.4. The van der Waals surface area contributed by atoms with Crippen LogP contribution in [0.1, 0.15) is 25.0 Å². The van der Waals surface area contributed by atoms with Crippen molar-refractivity contribution in [1.29, 1.82) is 0 Å². The van der Waals surface area contributed by atoms with Crippen LogP contribution < -0.4 is 5.32 Å². The molecule has 1 N–H and O–H groups in total. The lowest BCUT2D eigenvalue weighted by Crippen LogP contribution is -2.23. The van der Waals surface area contributed by atoms with Gasteiger partial charge in [0, 0.05) is 19.3 Å². The number of amides is 1. The highest BCUT2D eigenvalue weighted by Gasteiger charge is 2.08. The lowest BCUT2D eigenvalue weighted by atomic mass is 10.1. The highest BCUT2D eigenvalue weighted by Crippen LogP contribution is 2.16. The standard InChI is InChI=1S/C21H25N3O/c1-3-24(17-25)21(20-12-8-5-9-13-20)16-23-18(2)22-15-14-19-10-6-4-7-11-19/h4-13,16-17H,3,14-15H2,1-2H3,(H,22,23)/b21-16-. The second kappa shape index (κ2) is 10.1. The molecule has 0 radical (unpaired) electrons. The van der Waals surface area contributed by atoms with Crippen LogP contribution >= 0.6 is 0 Å². The van der Waals surface area contributed by atoms with E-state index in [-0.39, 0.29) is 0 Å². The van der Waals surface area contributed by atoms with E-state index in [0.717, 1.165) is 36.5 Å². The van der Waals surface area contributed by atoms with Gasteiger partial charge in [-0.15, -0.1) is 0 Å². The quantitative estimate of drug-likeness (QED) is 0.454. The number of benzene rings is 2. The van der Waals surface area contributed by atoms with Gasteiger partial charge in [-0.2, -0.15) is 0 Å². The Morgan fingerprint density at radius 3 is 2.32 bits per heavy atom. The smallest absolute Gasteiger partial charge is 0.214 e. The van der Waals surface area contributed by atoms with E-state index in [1.807, 2.05) is 68.6 Å². The molecule has 0 aliphatic carbocycles. The van der Waals surface area contributed by atoms with Crippen LogP contribution in [0.2, 0.25) is 0 Å². The summed E-state index contributed by atoms with van der Waals surface area (Å²) in [6.45, 7) is 5.21. The Kier molecular flexibility index (Phi) is 7.44. The summed E-state index contributed by atoms with van der Waals surface area (Å²) in [6, 6.07) is 20.2. The van der Waals surface area contributed by atoms with Crippen molar-refractivity contribution in [3.05, 3.63) is 78.0 Å². The zero-order valence-corrected chi connectivity index (χ0v) is 14.9. The SMILES string of the molecule is CCN(C=O)/C(=C\NC(C)=NCCc1ccccc1)c1ccccc1. The molecule has 1 amide bonds. The molecular weight excluding hydrogens is 310 g/mol. The first-order chi connectivity index (χ1) is 12.2. The molecule has 130 valence electrons. The second-order valence-electron chi connectivity index (χ2n) is 5.63. The van der Waals surface area contributed by atoms with Crippen LogP contribution in [0.4, 0.5) is 0 Å². The molecule has 25 heavy (non-hydrogen) atoms. The van der Waals surface area contributed by atoms with E-state index in [0.29, 0.717) is 6.54 Å². The van der Waals surface area contributed by atoms with E-state index in [2.05, 4.69) is 22.4 Å². The molecule has 0 saturated heterocycles. The van der Waals surface area contributed by atoms with Crippen LogP contribution in [0.5, 0.6) is 0 Å². The summed E-state index contributed by atoms with van der Waals surface area (Å²) in [5.74, 6) is 0.825. The number of nitrogens with zero attached hydrogens (tertiary/aromatic N) is 2. The Labute approximate surface area is 149 Å². The van der Waals surface area contributed by atoms with Gasteiger partial charge < -0.3 is 10.2 Å². The van der Waals surface area contributed by atoms with Gasteiger partial charge in [-0.25, -0.2) is 0 Å². The number of carbonyl (C=O) groups excluding carboxylic acids is 1. The van der Waals surface area contributed by atoms with Crippen LogP contribution in [0, 0.1) is 0 Å². The average molecular weight is 335 g/mol. The van der Waals surface area contributed by atoms with Crippen LogP contribution in [0.15, 0.2) is 71.9 Å². The summed E-state index contributed by atoms with van der Waals surface area (Å²) in [4.78, 5) is 17.6. The summed E-state index contributed by atoms with van der Waals surface area (Å²) >= 11 is 0. The lowest BCUT2D eigenvalue weighted by Gasteiger charge is -2.19. The van der Waals surface area contributed by atoms with Gasteiger partial charge >= 0.3 is 0 Å². The molecule has 2 rings (SSSR count). The third-order valence-corrected chi connectivity index (χ3v) is 3.86. The Morgan fingerprint density at radius 2 is 1.72 bits per heavy atom. The highest BCUT2D eigenvalue weighted by atomic mass is 16.1. The molecule has 0 unspecified atom stereocenters. The number of hydrogen-bond donors (Lipinski definition) is 1. The molecule has 0 aromatic heterocycles. The van der Waals surface area contributed by atoms with E-state index in [9.17, 15) is 4.79 Å². The third-order valence-electron chi connectivity index (χ3n) is 3.86. The first-order valence-electron chi connectivity index (χ1n) is 8.53. The predicted octanol–water partition coefficient (Wildman–Crippen LogP) is 3.71. The summed E-state index contributed by atoms with van der Waals surface area (Å²) in [7, 11) is 0. The van der Waals surface area contributed by atoms with Crippen LogP contribution in [0.3, 0.4) is 0 Å². The van der Waals surface area contributed by atoms with Crippen molar-refractivity contribution in [3.63, 3.8) is 0 Å². The van der Waals surface area contributed by atoms with Gasteiger partial charge in [0.15, 0.2) is 0 Å². The number of carbonyl (C=O) groups is 1. The molecule has 0 heterocycles. The molecule has 0 aliphatic heterocycles. The Morgan fingerprint density at radius 1 is 1.08 bits per heavy atom. The van der Waals surface area contributed by atoms with Crippen molar-refractivity contribution in [2.24, 2.45) is 4.99 Å². The van der Waals surface area contributed by atoms with Crippen molar-refractivity contribution in [2.45, 2.75) is 20.3 Å². The van der Waals surface area contributed by atoms with Gasteiger partial charge in [-0.3, -0.25) is 9.79 Å². The van der Waals surface area contributed by atoms with Crippen molar-refractivity contribution < 1.29 is 4.79 Å². The fourth-order valence-corrected chi connectivity index (χ4v) is 2.46. The minimum Gasteiger partial charge on any atom is -0.349 e. The molecule has 2 aromatic rings. The molecular formula is C21H25N3O. The molecule has 0 bridgehead atoms. The minimum atomic E-state index is 0.607. The zero-order valence-electron chi connectivity index (χ0n) is 14.9. The fourth-order valence-electron chi connectivity index (χ4n) is 2.46. The van der Waals surface area contributed by atoms with Gasteiger partial charge in [0.1, 0.15) is 0 Å². The normalized spacial score (nSPS) is 11.9. The summed E-state index contributed by atoms with van der Waals surface area (Å²) in [6.07, 6.45) is 3.60. The lowest BCUT2D eigenvalue weighted by molar-refractivity contribution is -0.115. The molecule has 0 saturated carbocycles. The molecule has 4 heteroatoms. The molecule has 4 nitrogen and oxygen atoms in total. The van der Waals surface area contributed by atoms with Crippen LogP contribution in [-0.4, -0.2) is 30.2 Å². The van der Waals surface area contributed by atoms with Gasteiger partial charge in [-0.1, -0.05) is 60.7 Å². The highest BCUT2D eigenvalue weighted by molar-refractivity contribution is 5.83. The molecule has 0 fully saturated rings. The fraction of sp³-hybridized carbons (Fsp3) is 0.238. The Hall–Kier alpha value is -2.88. The van der Waals surface area contributed by atoms with Crippen molar-refractivity contribution in [2.75, 3.05) is 13.1 Å². The second-order valence-corrected chi connectivity index (χ2v) is 5.63. The Bertz CT molecular complexity index is 708. The molecule has 2 aromatic carbocycles. The molecule has 0 aliphatic rings. The molecule has 0 spiro atoms. The Balaban J connectivity index is 2.03. The first kappa shape index (κ1) is 18.5. The van der Waals surface area contributed by atoms with Crippen LogP contribution in [0.25, 0.3) is 5.70 Å². The van der Waals surface area contributed by atoms with Gasteiger partial charge in [0.2, 0.25) is 6.41 Å².